The van der Waals surface area contributed by atoms with E-state index < -0.39 is 0 Å². The van der Waals surface area contributed by atoms with Gasteiger partial charge in [-0.2, -0.15) is 0 Å². The van der Waals surface area contributed by atoms with Crippen LogP contribution in [0.15, 0.2) is 0 Å². The fourth-order valence-electron chi connectivity index (χ4n) is 3.73. The number of aliphatic hydroxyl groups excluding tert-OH is 2. The van der Waals surface area contributed by atoms with Crippen LogP contribution in [0.1, 0.15) is 45.4 Å². The highest BCUT2D eigenvalue weighted by Crippen LogP contribution is 2.52. The van der Waals surface area contributed by atoms with Crippen LogP contribution in [0, 0.1) is 23.2 Å². The summed E-state index contributed by atoms with van der Waals surface area (Å²) in [6.07, 6.45) is 7.53. The summed E-state index contributed by atoms with van der Waals surface area (Å²) in [6, 6.07) is 0. The van der Waals surface area contributed by atoms with Gasteiger partial charge >= 0.3 is 0 Å². The molecule has 0 radical (unpaired) electrons. The average molecular weight is 212 g/mol. The Morgan fingerprint density at radius 2 is 1.87 bits per heavy atom. The molecule has 0 heterocycles. The van der Waals surface area contributed by atoms with Gasteiger partial charge in [-0.05, 0) is 49.9 Å². The Labute approximate surface area is 92.7 Å². The Bertz CT molecular complexity index is 202. The van der Waals surface area contributed by atoms with Gasteiger partial charge in [0.15, 0.2) is 0 Å². The van der Waals surface area contributed by atoms with Gasteiger partial charge in [0.1, 0.15) is 0 Å². The number of fused-ring (bicyclic) bond motifs is 2. The first-order valence-corrected chi connectivity index (χ1v) is 6.44. The molecule has 0 aromatic heterocycles. The lowest BCUT2D eigenvalue weighted by molar-refractivity contribution is 0.0220. The maximum Gasteiger partial charge on any atom is 0.0509 e. The Morgan fingerprint density at radius 1 is 1.13 bits per heavy atom. The summed E-state index contributed by atoms with van der Waals surface area (Å²) in [5, 5.41) is 18.9. The van der Waals surface area contributed by atoms with Crippen LogP contribution in [0.25, 0.3) is 0 Å². The molecule has 0 spiro atoms. The second-order valence-corrected chi connectivity index (χ2v) is 5.81. The topological polar surface area (TPSA) is 40.5 Å². The zero-order valence-corrected chi connectivity index (χ0v) is 9.78. The molecular formula is C13H24O2. The number of hydrogen-bond acceptors (Lipinski definition) is 2. The minimum Gasteiger partial charge on any atom is -0.396 e. The molecule has 3 atom stereocenters. The van der Waals surface area contributed by atoms with E-state index in [1.807, 2.05) is 0 Å². The molecule has 88 valence electrons. The maximum atomic E-state index is 9.45. The van der Waals surface area contributed by atoms with Gasteiger partial charge in [-0.3, -0.25) is 0 Å². The molecule has 2 bridgehead atoms. The summed E-state index contributed by atoms with van der Waals surface area (Å²) in [7, 11) is 0. The van der Waals surface area contributed by atoms with Crippen molar-refractivity contribution < 1.29 is 10.2 Å². The van der Waals surface area contributed by atoms with Gasteiger partial charge in [0.25, 0.3) is 0 Å². The van der Waals surface area contributed by atoms with E-state index in [0.29, 0.717) is 0 Å². The summed E-state index contributed by atoms with van der Waals surface area (Å²) < 4.78 is 0. The third-order valence-electron chi connectivity index (χ3n) is 5.00. The normalized spacial score (nSPS) is 35.0. The van der Waals surface area contributed by atoms with Gasteiger partial charge in [0.05, 0.1) is 13.2 Å². The van der Waals surface area contributed by atoms with Crippen LogP contribution < -0.4 is 0 Å². The van der Waals surface area contributed by atoms with Crippen molar-refractivity contribution in [3.8, 4) is 0 Å². The zero-order valence-electron chi connectivity index (χ0n) is 9.78. The fraction of sp³-hybridized carbons (Fsp3) is 1.00. The molecule has 2 nitrogen and oxygen atoms in total. The van der Waals surface area contributed by atoms with E-state index in [4.69, 9.17) is 0 Å². The van der Waals surface area contributed by atoms with Crippen molar-refractivity contribution in [1.29, 1.82) is 0 Å². The molecule has 0 aromatic rings. The van der Waals surface area contributed by atoms with Crippen LogP contribution in [-0.4, -0.2) is 23.4 Å². The van der Waals surface area contributed by atoms with Gasteiger partial charge in [-0.15, -0.1) is 0 Å². The summed E-state index contributed by atoms with van der Waals surface area (Å²) in [5.41, 5.74) is -0.199. The van der Waals surface area contributed by atoms with Crippen molar-refractivity contribution in [3.63, 3.8) is 0 Å². The van der Waals surface area contributed by atoms with Crippen molar-refractivity contribution >= 4 is 0 Å². The molecule has 2 aliphatic carbocycles. The standard InChI is InChI=1S/C13H24O2/c1-2-13(8-14,9-15)7-12-6-10-3-4-11(12)5-10/h10-12,14-15H,2-9H2,1H3. The lowest BCUT2D eigenvalue weighted by Gasteiger charge is -2.34. The first kappa shape index (κ1) is 11.4. The molecule has 2 rings (SSSR count). The molecule has 2 saturated carbocycles. The number of rotatable bonds is 5. The van der Waals surface area contributed by atoms with Crippen LogP contribution in [0.2, 0.25) is 0 Å². The zero-order chi connectivity index (χ0) is 10.9. The van der Waals surface area contributed by atoms with Crippen molar-refractivity contribution in [2.75, 3.05) is 13.2 Å². The molecule has 2 fully saturated rings. The quantitative estimate of drug-likeness (QED) is 0.733. The third kappa shape index (κ3) is 2.07. The van der Waals surface area contributed by atoms with Crippen molar-refractivity contribution in [2.45, 2.75) is 45.4 Å². The molecule has 2 heteroatoms. The molecule has 0 saturated heterocycles. The number of hydrogen-bond donors (Lipinski definition) is 2. The predicted octanol–water partition coefficient (Wildman–Crippen LogP) is 2.19. The fourth-order valence-corrected chi connectivity index (χ4v) is 3.73. The Balaban J connectivity index is 1.95. The Hall–Kier alpha value is -0.0800. The highest BCUT2D eigenvalue weighted by molar-refractivity contribution is 4.93. The Morgan fingerprint density at radius 3 is 2.27 bits per heavy atom. The van der Waals surface area contributed by atoms with Crippen LogP contribution in [0.3, 0.4) is 0 Å². The van der Waals surface area contributed by atoms with Crippen molar-refractivity contribution in [3.05, 3.63) is 0 Å². The first-order chi connectivity index (χ1) is 7.23. The minimum absolute atomic E-state index is 0.147. The molecular weight excluding hydrogens is 188 g/mol. The minimum atomic E-state index is -0.199. The average Bonchev–Trinajstić information content (AvgIpc) is 2.88. The van der Waals surface area contributed by atoms with Crippen LogP contribution >= 0.6 is 0 Å². The van der Waals surface area contributed by atoms with Crippen LogP contribution in [0.5, 0.6) is 0 Å². The van der Waals surface area contributed by atoms with E-state index in [9.17, 15) is 10.2 Å². The van der Waals surface area contributed by atoms with E-state index in [0.717, 1.165) is 30.6 Å². The van der Waals surface area contributed by atoms with Gasteiger partial charge in [0, 0.05) is 5.41 Å². The summed E-state index contributed by atoms with van der Waals surface area (Å²) in [6.45, 7) is 2.38. The SMILES string of the molecule is CCC(CO)(CO)CC1CC2CCC1C2. The van der Waals surface area contributed by atoms with Gasteiger partial charge in [0.2, 0.25) is 0 Å². The molecule has 3 unspecified atom stereocenters. The summed E-state index contributed by atoms with van der Waals surface area (Å²) >= 11 is 0. The largest absolute Gasteiger partial charge is 0.396 e. The van der Waals surface area contributed by atoms with Crippen LogP contribution in [-0.2, 0) is 0 Å². The van der Waals surface area contributed by atoms with Crippen molar-refractivity contribution in [2.24, 2.45) is 23.2 Å². The second kappa shape index (κ2) is 4.42. The summed E-state index contributed by atoms with van der Waals surface area (Å²) in [5.74, 6) is 2.65. The molecule has 0 amide bonds. The highest BCUT2D eigenvalue weighted by Gasteiger charge is 2.42. The monoisotopic (exact) mass is 212 g/mol. The number of aliphatic hydroxyl groups is 2. The van der Waals surface area contributed by atoms with Gasteiger partial charge < -0.3 is 10.2 Å². The molecule has 0 aromatic carbocycles. The lowest BCUT2D eigenvalue weighted by atomic mass is 9.73. The predicted molar refractivity (Wildman–Crippen MR) is 60.5 cm³/mol. The first-order valence-electron chi connectivity index (χ1n) is 6.44. The van der Waals surface area contributed by atoms with E-state index in [-0.39, 0.29) is 18.6 Å². The third-order valence-corrected chi connectivity index (χ3v) is 5.00. The van der Waals surface area contributed by atoms with Crippen LogP contribution in [0.4, 0.5) is 0 Å². The molecule has 2 aliphatic rings. The van der Waals surface area contributed by atoms with Crippen molar-refractivity contribution in [1.82, 2.24) is 0 Å². The van der Waals surface area contributed by atoms with Gasteiger partial charge in [-0.1, -0.05) is 13.3 Å². The second-order valence-electron chi connectivity index (χ2n) is 5.81. The lowest BCUT2D eigenvalue weighted by Crippen LogP contribution is -2.33. The van der Waals surface area contributed by atoms with E-state index in [1.54, 1.807) is 0 Å². The van der Waals surface area contributed by atoms with E-state index >= 15 is 0 Å². The molecule has 0 aliphatic heterocycles. The maximum absolute atomic E-state index is 9.45. The van der Waals surface area contributed by atoms with Gasteiger partial charge in [-0.25, -0.2) is 0 Å². The molecule has 15 heavy (non-hydrogen) atoms. The highest BCUT2D eigenvalue weighted by atomic mass is 16.3. The summed E-state index contributed by atoms with van der Waals surface area (Å²) in [4.78, 5) is 0. The Kier molecular flexibility index (Phi) is 3.36. The van der Waals surface area contributed by atoms with E-state index in [2.05, 4.69) is 6.92 Å². The molecule has 2 N–H and O–H groups in total. The van der Waals surface area contributed by atoms with E-state index in [1.165, 1.54) is 25.7 Å². The smallest absolute Gasteiger partial charge is 0.0509 e.